The molecule has 0 aromatic carbocycles. The Kier molecular flexibility index (Phi) is 5.43. The van der Waals surface area contributed by atoms with Crippen molar-refractivity contribution in [3.8, 4) is 0 Å². The van der Waals surface area contributed by atoms with E-state index in [1.165, 1.54) is 15.6 Å². The maximum absolute atomic E-state index is 12.7. The molecule has 0 radical (unpaired) electrons. The van der Waals surface area contributed by atoms with Gasteiger partial charge in [-0.2, -0.15) is 0 Å². The molecule has 120 valence electrons. The summed E-state index contributed by atoms with van der Waals surface area (Å²) >= 11 is 1.34. The summed E-state index contributed by atoms with van der Waals surface area (Å²) in [6, 6.07) is 1.60. The Hall–Kier alpha value is -0.470. The molecule has 1 fully saturated rings. The molecule has 0 unspecified atom stereocenters. The highest BCUT2D eigenvalue weighted by Gasteiger charge is 2.28. The van der Waals surface area contributed by atoms with Crippen LogP contribution >= 0.6 is 11.3 Å². The summed E-state index contributed by atoms with van der Waals surface area (Å²) in [6.45, 7) is 4.31. The van der Waals surface area contributed by atoms with Gasteiger partial charge in [0.25, 0.3) is 0 Å². The Morgan fingerprint density at radius 3 is 2.57 bits per heavy atom. The number of thiophene rings is 1. The van der Waals surface area contributed by atoms with E-state index in [-0.39, 0.29) is 6.61 Å². The summed E-state index contributed by atoms with van der Waals surface area (Å²) in [5, 5.41) is 9.16. The normalized spacial score (nSPS) is 18.5. The van der Waals surface area contributed by atoms with Gasteiger partial charge in [0.1, 0.15) is 0 Å². The second-order valence-electron chi connectivity index (χ2n) is 5.82. The average molecular weight is 332 g/mol. The van der Waals surface area contributed by atoms with Gasteiger partial charge in [0.15, 0.2) is 0 Å². The van der Waals surface area contributed by atoms with E-state index < -0.39 is 10.0 Å². The van der Waals surface area contributed by atoms with Gasteiger partial charge in [-0.15, -0.1) is 11.3 Å². The van der Waals surface area contributed by atoms with E-state index in [0.29, 0.717) is 22.2 Å². The van der Waals surface area contributed by atoms with Crippen LogP contribution in [0, 0.1) is 12.8 Å². The van der Waals surface area contributed by atoms with Gasteiger partial charge in [-0.25, -0.2) is 12.7 Å². The van der Waals surface area contributed by atoms with E-state index in [2.05, 4.69) is 11.9 Å². The zero-order valence-electron chi connectivity index (χ0n) is 12.9. The van der Waals surface area contributed by atoms with Gasteiger partial charge < -0.3 is 10.0 Å². The van der Waals surface area contributed by atoms with Crippen LogP contribution < -0.4 is 0 Å². The summed E-state index contributed by atoms with van der Waals surface area (Å²) in [5.41, 5.74) is 0. The largest absolute Gasteiger partial charge is 0.391 e. The molecule has 21 heavy (non-hydrogen) atoms. The minimum absolute atomic E-state index is 0.111. The zero-order valence-corrected chi connectivity index (χ0v) is 14.5. The van der Waals surface area contributed by atoms with E-state index in [1.807, 2.05) is 0 Å². The number of aliphatic hydroxyl groups excluding tert-OH is 1. The first kappa shape index (κ1) is 16.9. The van der Waals surface area contributed by atoms with E-state index >= 15 is 0 Å². The fourth-order valence-electron chi connectivity index (χ4n) is 2.73. The van der Waals surface area contributed by atoms with Gasteiger partial charge in [-0.05, 0) is 51.9 Å². The first-order valence-electron chi connectivity index (χ1n) is 7.19. The lowest BCUT2D eigenvalue weighted by Crippen LogP contribution is -2.38. The maximum atomic E-state index is 12.7. The third kappa shape index (κ3) is 3.84. The van der Waals surface area contributed by atoms with Crippen LogP contribution in [0.25, 0.3) is 0 Å². The van der Waals surface area contributed by atoms with Crippen molar-refractivity contribution in [2.75, 3.05) is 33.7 Å². The minimum Gasteiger partial charge on any atom is -0.391 e. The van der Waals surface area contributed by atoms with Gasteiger partial charge in [0, 0.05) is 23.3 Å². The lowest BCUT2D eigenvalue weighted by atomic mass is 9.97. The fourth-order valence-corrected chi connectivity index (χ4v) is 5.44. The second-order valence-corrected chi connectivity index (χ2v) is 9.18. The SMILES string of the molecule is Cc1sc(CO)cc1S(=O)(=O)N(C)CC1CCN(C)CC1. The highest BCUT2D eigenvalue weighted by molar-refractivity contribution is 7.89. The molecule has 7 heteroatoms. The van der Waals surface area contributed by atoms with E-state index in [0.717, 1.165) is 30.8 Å². The molecule has 2 heterocycles. The van der Waals surface area contributed by atoms with Gasteiger partial charge in [0.05, 0.1) is 11.5 Å². The first-order chi connectivity index (χ1) is 9.84. The standard InChI is InChI=1S/C14H24N2O3S2/c1-11-14(8-13(10-17)20-11)21(18,19)16(3)9-12-4-6-15(2)7-5-12/h8,12,17H,4-7,9-10H2,1-3H3. The molecule has 0 spiro atoms. The lowest BCUT2D eigenvalue weighted by molar-refractivity contribution is 0.202. The fraction of sp³-hybridized carbons (Fsp3) is 0.714. The Labute approximate surface area is 131 Å². The van der Waals surface area contributed by atoms with Crippen molar-refractivity contribution in [1.82, 2.24) is 9.21 Å². The Bertz CT molecular complexity index is 575. The Morgan fingerprint density at radius 1 is 1.43 bits per heavy atom. The molecule has 0 amide bonds. The third-order valence-electron chi connectivity index (χ3n) is 4.12. The topological polar surface area (TPSA) is 60.9 Å². The molecular formula is C14H24N2O3S2. The lowest BCUT2D eigenvalue weighted by Gasteiger charge is -2.31. The van der Waals surface area contributed by atoms with Gasteiger partial charge in [-0.1, -0.05) is 0 Å². The van der Waals surface area contributed by atoms with Crippen molar-refractivity contribution in [2.45, 2.75) is 31.3 Å². The summed E-state index contributed by atoms with van der Waals surface area (Å²) in [7, 11) is 0.302. The quantitative estimate of drug-likeness (QED) is 0.888. The highest BCUT2D eigenvalue weighted by atomic mass is 32.2. The van der Waals surface area contributed by atoms with Crippen LogP contribution in [0.2, 0.25) is 0 Å². The minimum atomic E-state index is -3.45. The Balaban J connectivity index is 2.09. The number of piperidine rings is 1. The molecule has 1 aliphatic heterocycles. The summed E-state index contributed by atoms with van der Waals surface area (Å²) in [5.74, 6) is 0.428. The molecular weight excluding hydrogens is 308 g/mol. The molecule has 1 N–H and O–H groups in total. The number of hydrogen-bond acceptors (Lipinski definition) is 5. The molecule has 1 aliphatic rings. The molecule has 0 aliphatic carbocycles. The highest BCUT2D eigenvalue weighted by Crippen LogP contribution is 2.29. The van der Waals surface area contributed by atoms with Crippen LogP contribution in [0.3, 0.4) is 0 Å². The molecule has 0 atom stereocenters. The van der Waals surface area contributed by atoms with Crippen molar-refractivity contribution < 1.29 is 13.5 Å². The third-order valence-corrected chi connectivity index (χ3v) is 7.23. The van der Waals surface area contributed by atoms with Crippen LogP contribution in [0.15, 0.2) is 11.0 Å². The number of aliphatic hydroxyl groups is 1. The average Bonchev–Trinajstić information content (AvgIpc) is 2.83. The number of nitrogens with zero attached hydrogens (tertiary/aromatic N) is 2. The predicted molar refractivity (Wildman–Crippen MR) is 85.0 cm³/mol. The van der Waals surface area contributed by atoms with Gasteiger partial charge in [-0.3, -0.25) is 0 Å². The van der Waals surface area contributed by atoms with Gasteiger partial charge in [0.2, 0.25) is 10.0 Å². The molecule has 1 saturated heterocycles. The van der Waals surface area contributed by atoms with Crippen molar-refractivity contribution >= 4 is 21.4 Å². The summed E-state index contributed by atoms with van der Waals surface area (Å²) < 4.78 is 26.8. The van der Waals surface area contributed by atoms with E-state index in [1.54, 1.807) is 20.0 Å². The number of aryl methyl sites for hydroxylation is 1. The van der Waals surface area contributed by atoms with Crippen LogP contribution in [-0.4, -0.2) is 56.5 Å². The number of rotatable bonds is 5. The van der Waals surface area contributed by atoms with Crippen molar-refractivity contribution in [1.29, 1.82) is 0 Å². The van der Waals surface area contributed by atoms with E-state index in [9.17, 15) is 8.42 Å². The molecule has 2 rings (SSSR count). The number of hydrogen-bond donors (Lipinski definition) is 1. The number of sulfonamides is 1. The first-order valence-corrected chi connectivity index (χ1v) is 9.45. The van der Waals surface area contributed by atoms with Gasteiger partial charge >= 0.3 is 0 Å². The van der Waals surface area contributed by atoms with Crippen molar-refractivity contribution in [2.24, 2.45) is 5.92 Å². The van der Waals surface area contributed by atoms with E-state index in [4.69, 9.17) is 5.11 Å². The van der Waals surface area contributed by atoms with Crippen LogP contribution in [-0.2, 0) is 16.6 Å². The molecule has 5 nitrogen and oxygen atoms in total. The molecule has 0 bridgehead atoms. The van der Waals surface area contributed by atoms with Crippen molar-refractivity contribution in [3.05, 3.63) is 15.8 Å². The summed E-state index contributed by atoms with van der Waals surface area (Å²) in [6.07, 6.45) is 2.09. The molecule has 0 saturated carbocycles. The smallest absolute Gasteiger partial charge is 0.243 e. The number of likely N-dealkylation sites (tertiary alicyclic amines) is 1. The zero-order chi connectivity index (χ0) is 15.6. The predicted octanol–water partition coefficient (Wildman–Crippen LogP) is 1.51. The molecule has 1 aromatic rings. The summed E-state index contributed by atoms with van der Waals surface area (Å²) in [4.78, 5) is 4.06. The molecule has 1 aromatic heterocycles. The van der Waals surface area contributed by atoms with Crippen LogP contribution in [0.4, 0.5) is 0 Å². The maximum Gasteiger partial charge on any atom is 0.243 e. The Morgan fingerprint density at radius 2 is 2.05 bits per heavy atom. The van der Waals surface area contributed by atoms with Crippen LogP contribution in [0.5, 0.6) is 0 Å². The van der Waals surface area contributed by atoms with Crippen LogP contribution in [0.1, 0.15) is 22.6 Å². The van der Waals surface area contributed by atoms with Crippen molar-refractivity contribution in [3.63, 3.8) is 0 Å². The monoisotopic (exact) mass is 332 g/mol. The second kappa shape index (κ2) is 6.75.